The molecular weight excluding hydrogens is 392 g/mol. The lowest BCUT2D eigenvalue weighted by molar-refractivity contribution is 0.138. The Labute approximate surface area is 180 Å². The summed E-state index contributed by atoms with van der Waals surface area (Å²) in [5.74, 6) is 0.785. The van der Waals surface area contributed by atoms with Crippen molar-refractivity contribution in [1.29, 1.82) is 0 Å². The molecule has 0 saturated carbocycles. The highest BCUT2D eigenvalue weighted by molar-refractivity contribution is 7.12. The van der Waals surface area contributed by atoms with Gasteiger partial charge in [0.15, 0.2) is 0 Å². The van der Waals surface area contributed by atoms with E-state index >= 15 is 0 Å². The fourth-order valence-electron chi connectivity index (χ4n) is 4.29. The van der Waals surface area contributed by atoms with Gasteiger partial charge in [0, 0.05) is 58.3 Å². The van der Waals surface area contributed by atoms with Gasteiger partial charge < -0.3 is 14.6 Å². The number of aromatic nitrogens is 3. The second-order valence-electron chi connectivity index (χ2n) is 7.62. The minimum absolute atomic E-state index is 0.0962. The highest BCUT2D eigenvalue weighted by atomic mass is 32.1. The Morgan fingerprint density at radius 3 is 2.83 bits per heavy atom. The van der Waals surface area contributed by atoms with E-state index in [1.54, 1.807) is 0 Å². The van der Waals surface area contributed by atoms with Crippen LogP contribution in [0.3, 0.4) is 0 Å². The minimum Gasteiger partial charge on any atom is -0.381 e. The van der Waals surface area contributed by atoms with Crippen molar-refractivity contribution < 1.29 is 4.74 Å². The second kappa shape index (κ2) is 8.58. The van der Waals surface area contributed by atoms with E-state index in [-0.39, 0.29) is 6.04 Å². The van der Waals surface area contributed by atoms with E-state index in [2.05, 4.69) is 63.2 Å². The summed E-state index contributed by atoms with van der Waals surface area (Å²) in [5.41, 5.74) is 3.89. The third kappa shape index (κ3) is 3.61. The molecule has 0 saturated heterocycles. The minimum atomic E-state index is 0.0962. The van der Waals surface area contributed by atoms with E-state index in [0.717, 1.165) is 45.0 Å². The average Bonchev–Trinajstić information content (AvgIpc) is 3.41. The second-order valence-corrected chi connectivity index (χ2v) is 8.82. The molecule has 154 valence electrons. The monoisotopic (exact) mass is 418 g/mol. The van der Waals surface area contributed by atoms with Crippen molar-refractivity contribution >= 4 is 28.2 Å². The summed E-state index contributed by atoms with van der Waals surface area (Å²) in [6.45, 7) is 4.65. The molecule has 0 fully saturated rings. The van der Waals surface area contributed by atoms with Crippen molar-refractivity contribution in [3.8, 4) is 0 Å². The number of hydrogen-bond acceptors (Lipinski definition) is 5. The molecule has 4 aromatic rings. The lowest BCUT2D eigenvalue weighted by Crippen LogP contribution is -2.36. The molecule has 0 bridgehead atoms. The maximum atomic E-state index is 5.70. The normalized spacial score (nSPS) is 16.2. The number of fused-ring (bicyclic) bond motifs is 3. The summed E-state index contributed by atoms with van der Waals surface area (Å²) in [4.78, 5) is 17.9. The van der Waals surface area contributed by atoms with Gasteiger partial charge in [-0.15, -0.1) is 11.3 Å². The van der Waals surface area contributed by atoms with Crippen molar-refractivity contribution in [2.75, 3.05) is 24.7 Å². The van der Waals surface area contributed by atoms with Crippen LogP contribution in [0.2, 0.25) is 0 Å². The summed E-state index contributed by atoms with van der Waals surface area (Å²) in [7, 11) is 0. The molecule has 1 aliphatic rings. The van der Waals surface area contributed by atoms with Gasteiger partial charge in [-0.3, -0.25) is 0 Å². The van der Waals surface area contributed by atoms with E-state index < -0.39 is 0 Å². The number of ether oxygens (including phenoxy) is 1. The molecule has 0 amide bonds. The van der Waals surface area contributed by atoms with Gasteiger partial charge in [-0.1, -0.05) is 25.1 Å². The Balaban J connectivity index is 1.53. The molecule has 1 unspecified atom stereocenters. The van der Waals surface area contributed by atoms with Crippen LogP contribution in [0, 0.1) is 0 Å². The molecule has 1 N–H and O–H groups in total. The fourth-order valence-corrected chi connectivity index (χ4v) is 5.40. The van der Waals surface area contributed by atoms with Crippen molar-refractivity contribution in [3.63, 3.8) is 0 Å². The lowest BCUT2D eigenvalue weighted by Gasteiger charge is -2.35. The predicted octanol–water partition coefficient (Wildman–Crippen LogP) is 5.14. The average molecular weight is 419 g/mol. The molecular formula is C24H26N4OS. The highest BCUT2D eigenvalue weighted by Crippen LogP contribution is 2.41. The van der Waals surface area contributed by atoms with Crippen LogP contribution in [0.5, 0.6) is 0 Å². The van der Waals surface area contributed by atoms with Gasteiger partial charge >= 0.3 is 0 Å². The number of H-pyrrole nitrogens is 1. The van der Waals surface area contributed by atoms with Crippen LogP contribution in [0.1, 0.15) is 40.4 Å². The summed E-state index contributed by atoms with van der Waals surface area (Å²) in [6.07, 6.45) is 6.65. The Bertz CT molecular complexity index is 1120. The SMILES string of the molecule is CCCOCCc1ccc(C2c3[nH]c4ccccc4c3CCN2c2ncccn2)s1. The molecule has 0 radical (unpaired) electrons. The Morgan fingerprint density at radius 1 is 1.10 bits per heavy atom. The van der Waals surface area contributed by atoms with Gasteiger partial charge in [-0.2, -0.15) is 0 Å². The maximum Gasteiger partial charge on any atom is 0.226 e. The first kappa shape index (κ1) is 19.3. The van der Waals surface area contributed by atoms with Crippen LogP contribution in [-0.2, 0) is 17.6 Å². The number of nitrogens with one attached hydrogen (secondary N) is 1. The number of aromatic amines is 1. The molecule has 1 atom stereocenters. The van der Waals surface area contributed by atoms with Crippen LogP contribution in [0.25, 0.3) is 10.9 Å². The van der Waals surface area contributed by atoms with Gasteiger partial charge in [0.05, 0.1) is 6.61 Å². The van der Waals surface area contributed by atoms with Crippen LogP contribution in [0.15, 0.2) is 54.9 Å². The van der Waals surface area contributed by atoms with Gasteiger partial charge in [0.1, 0.15) is 6.04 Å². The molecule has 5 nitrogen and oxygen atoms in total. The van der Waals surface area contributed by atoms with Gasteiger partial charge in [0.25, 0.3) is 0 Å². The number of thiophene rings is 1. The van der Waals surface area contributed by atoms with E-state index in [0.29, 0.717) is 0 Å². The van der Waals surface area contributed by atoms with Crippen LogP contribution in [0.4, 0.5) is 5.95 Å². The number of rotatable bonds is 7. The molecule has 1 aliphatic heterocycles. The fraction of sp³-hybridized carbons (Fsp3) is 0.333. The van der Waals surface area contributed by atoms with Gasteiger partial charge in [0.2, 0.25) is 5.95 Å². The molecule has 0 aliphatic carbocycles. The molecule has 3 aromatic heterocycles. The molecule has 4 heterocycles. The number of para-hydroxylation sites is 1. The van der Waals surface area contributed by atoms with Crippen LogP contribution >= 0.6 is 11.3 Å². The van der Waals surface area contributed by atoms with Crippen LogP contribution in [-0.4, -0.2) is 34.7 Å². The largest absolute Gasteiger partial charge is 0.381 e. The first-order chi connectivity index (χ1) is 14.8. The molecule has 0 spiro atoms. The number of nitrogens with zero attached hydrogens (tertiary/aromatic N) is 3. The van der Waals surface area contributed by atoms with E-state index in [1.165, 1.54) is 31.9 Å². The lowest BCUT2D eigenvalue weighted by atomic mass is 9.96. The molecule has 1 aromatic carbocycles. The standard InChI is InChI=1S/C24H26N4OS/c1-2-15-29-16-11-17-8-9-21(30-17)23-22-19(18-6-3-4-7-20(18)27-22)10-14-28(23)24-25-12-5-13-26-24/h3-9,12-13,23,27H,2,10-11,14-16H2,1H3. The Kier molecular flexibility index (Phi) is 5.51. The van der Waals surface area contributed by atoms with Crippen LogP contribution < -0.4 is 4.90 Å². The number of anilines is 1. The zero-order chi connectivity index (χ0) is 20.3. The number of benzene rings is 1. The third-order valence-corrected chi connectivity index (χ3v) is 6.83. The quantitative estimate of drug-likeness (QED) is 0.422. The smallest absolute Gasteiger partial charge is 0.226 e. The zero-order valence-corrected chi connectivity index (χ0v) is 18.0. The maximum absolute atomic E-state index is 5.70. The summed E-state index contributed by atoms with van der Waals surface area (Å²) < 4.78 is 5.70. The first-order valence-corrected chi connectivity index (χ1v) is 11.5. The van der Waals surface area contributed by atoms with Gasteiger partial charge in [-0.05, 0) is 42.7 Å². The molecule has 5 rings (SSSR count). The van der Waals surface area contributed by atoms with E-state index in [1.807, 2.05) is 29.8 Å². The summed E-state index contributed by atoms with van der Waals surface area (Å²) >= 11 is 1.87. The van der Waals surface area contributed by atoms with E-state index in [9.17, 15) is 0 Å². The van der Waals surface area contributed by atoms with Gasteiger partial charge in [-0.25, -0.2) is 9.97 Å². The zero-order valence-electron chi connectivity index (χ0n) is 17.2. The number of hydrogen-bond donors (Lipinski definition) is 1. The summed E-state index contributed by atoms with van der Waals surface area (Å²) in [5, 5.41) is 1.33. The summed E-state index contributed by atoms with van der Waals surface area (Å²) in [6, 6.07) is 15.1. The topological polar surface area (TPSA) is 54.0 Å². The van der Waals surface area contributed by atoms with E-state index in [4.69, 9.17) is 4.74 Å². The highest BCUT2D eigenvalue weighted by Gasteiger charge is 2.34. The molecule has 30 heavy (non-hydrogen) atoms. The third-order valence-electron chi connectivity index (χ3n) is 5.64. The van der Waals surface area contributed by atoms with Crippen molar-refractivity contribution in [1.82, 2.24) is 15.0 Å². The first-order valence-electron chi connectivity index (χ1n) is 10.6. The Hall–Kier alpha value is -2.70. The van der Waals surface area contributed by atoms with Crippen molar-refractivity contribution in [3.05, 3.63) is 75.9 Å². The molecule has 6 heteroatoms. The Morgan fingerprint density at radius 2 is 1.97 bits per heavy atom. The van der Waals surface area contributed by atoms with Crippen molar-refractivity contribution in [2.24, 2.45) is 0 Å². The predicted molar refractivity (Wildman–Crippen MR) is 122 cm³/mol. The van der Waals surface area contributed by atoms with Crippen molar-refractivity contribution in [2.45, 2.75) is 32.2 Å².